The Hall–Kier alpha value is -2.10. The van der Waals surface area contributed by atoms with E-state index in [0.29, 0.717) is 6.54 Å². The molecule has 0 spiro atoms. The predicted molar refractivity (Wildman–Crippen MR) is 57.5 cm³/mol. The summed E-state index contributed by atoms with van der Waals surface area (Å²) in [6, 6.07) is 8.44. The first-order valence-corrected chi connectivity index (χ1v) is 4.97. The van der Waals surface area contributed by atoms with E-state index in [0.717, 1.165) is 16.7 Å². The molecule has 0 aliphatic heterocycles. The first kappa shape index (κ1) is 9.15. The first-order valence-electron chi connectivity index (χ1n) is 4.97. The molecule has 0 saturated carbocycles. The molecule has 0 N–H and O–H groups in total. The first-order chi connectivity index (χ1) is 7.83. The third kappa shape index (κ3) is 1.48. The van der Waals surface area contributed by atoms with E-state index in [-0.39, 0.29) is 5.82 Å². The molecular weight excluding hydrogens is 207 g/mol. The molecular formula is C12H9FN2O. The molecule has 0 fully saturated rings. The molecule has 0 amide bonds. The van der Waals surface area contributed by atoms with Gasteiger partial charge in [-0.05, 0) is 24.3 Å². The highest BCUT2D eigenvalue weighted by Crippen LogP contribution is 2.18. The molecule has 0 unspecified atom stereocenters. The monoisotopic (exact) mass is 216 g/mol. The summed E-state index contributed by atoms with van der Waals surface area (Å²) in [5, 5.41) is 4.54. The van der Waals surface area contributed by atoms with Crippen LogP contribution in [0, 0.1) is 5.82 Å². The quantitative estimate of drug-likeness (QED) is 0.659. The lowest BCUT2D eigenvalue weighted by Crippen LogP contribution is -1.96. The van der Waals surface area contributed by atoms with E-state index < -0.39 is 0 Å². The average Bonchev–Trinajstić information content (AvgIpc) is 2.89. The number of aromatic nitrogens is 2. The van der Waals surface area contributed by atoms with Crippen molar-refractivity contribution in [2.45, 2.75) is 6.54 Å². The Morgan fingerprint density at radius 1 is 1.25 bits per heavy atom. The van der Waals surface area contributed by atoms with E-state index >= 15 is 0 Å². The Labute approximate surface area is 91.1 Å². The van der Waals surface area contributed by atoms with Gasteiger partial charge in [-0.1, -0.05) is 5.16 Å². The fourth-order valence-corrected chi connectivity index (χ4v) is 1.80. The number of benzene rings is 1. The standard InChI is InChI=1S/C12H9FN2O/c13-10-1-2-12-9(7-10)4-6-15(12)8-11-3-5-14-16-11/h1-7H,8H2. The van der Waals surface area contributed by atoms with Crippen molar-refractivity contribution in [2.24, 2.45) is 0 Å². The lowest BCUT2D eigenvalue weighted by molar-refractivity contribution is 0.378. The van der Waals surface area contributed by atoms with Crippen LogP contribution in [-0.4, -0.2) is 9.72 Å². The average molecular weight is 216 g/mol. The normalized spacial score (nSPS) is 11.1. The molecule has 16 heavy (non-hydrogen) atoms. The molecule has 80 valence electrons. The molecule has 2 heterocycles. The summed E-state index contributed by atoms with van der Waals surface area (Å²) < 4.78 is 20.0. The molecule has 3 rings (SSSR count). The number of nitrogens with zero attached hydrogens (tertiary/aromatic N) is 2. The molecule has 0 bridgehead atoms. The maximum Gasteiger partial charge on any atom is 0.156 e. The summed E-state index contributed by atoms with van der Waals surface area (Å²) in [5.74, 6) is 0.562. The van der Waals surface area contributed by atoms with Gasteiger partial charge in [-0.2, -0.15) is 0 Å². The minimum atomic E-state index is -0.218. The maximum atomic E-state index is 13.0. The van der Waals surface area contributed by atoms with Gasteiger partial charge in [-0.25, -0.2) is 4.39 Å². The lowest BCUT2D eigenvalue weighted by Gasteiger charge is -2.01. The summed E-state index contributed by atoms with van der Waals surface area (Å²) in [6.07, 6.45) is 3.52. The molecule has 0 radical (unpaired) electrons. The minimum Gasteiger partial charge on any atom is -0.359 e. The van der Waals surface area contributed by atoms with Crippen molar-refractivity contribution in [3.05, 3.63) is 54.3 Å². The summed E-state index contributed by atoms with van der Waals surface area (Å²) >= 11 is 0. The van der Waals surface area contributed by atoms with E-state index in [2.05, 4.69) is 5.16 Å². The number of fused-ring (bicyclic) bond motifs is 1. The van der Waals surface area contributed by atoms with Gasteiger partial charge < -0.3 is 9.09 Å². The van der Waals surface area contributed by atoms with Crippen molar-refractivity contribution in [3.8, 4) is 0 Å². The SMILES string of the molecule is Fc1ccc2c(ccn2Cc2ccno2)c1. The Kier molecular flexibility index (Phi) is 1.99. The molecule has 3 nitrogen and oxygen atoms in total. The van der Waals surface area contributed by atoms with Crippen LogP contribution in [0.3, 0.4) is 0 Å². The minimum absolute atomic E-state index is 0.218. The van der Waals surface area contributed by atoms with Gasteiger partial charge in [0.25, 0.3) is 0 Å². The smallest absolute Gasteiger partial charge is 0.156 e. The maximum absolute atomic E-state index is 13.0. The fraction of sp³-hybridized carbons (Fsp3) is 0.0833. The Bertz CT molecular complexity index is 613. The Balaban J connectivity index is 2.04. The Morgan fingerprint density at radius 3 is 3.00 bits per heavy atom. The van der Waals surface area contributed by atoms with Gasteiger partial charge in [-0.3, -0.25) is 0 Å². The number of halogens is 1. The van der Waals surface area contributed by atoms with E-state index in [1.54, 1.807) is 12.3 Å². The summed E-state index contributed by atoms with van der Waals surface area (Å²) in [7, 11) is 0. The largest absolute Gasteiger partial charge is 0.359 e. The number of hydrogen-bond acceptors (Lipinski definition) is 2. The summed E-state index contributed by atoms with van der Waals surface area (Å²) in [6.45, 7) is 0.606. The van der Waals surface area contributed by atoms with E-state index in [1.165, 1.54) is 12.1 Å². The molecule has 3 aromatic rings. The third-order valence-electron chi connectivity index (χ3n) is 2.55. The van der Waals surface area contributed by atoms with Gasteiger partial charge in [0.15, 0.2) is 5.76 Å². The van der Waals surface area contributed by atoms with Gasteiger partial charge in [0.05, 0.1) is 12.7 Å². The van der Waals surface area contributed by atoms with Crippen LogP contribution in [-0.2, 0) is 6.54 Å². The zero-order valence-corrected chi connectivity index (χ0v) is 8.43. The van der Waals surface area contributed by atoms with E-state index in [1.807, 2.05) is 22.9 Å². The highest BCUT2D eigenvalue weighted by atomic mass is 19.1. The zero-order chi connectivity index (χ0) is 11.0. The zero-order valence-electron chi connectivity index (χ0n) is 8.43. The van der Waals surface area contributed by atoms with Crippen LogP contribution >= 0.6 is 0 Å². The topological polar surface area (TPSA) is 31.0 Å². The van der Waals surface area contributed by atoms with Gasteiger partial charge >= 0.3 is 0 Å². The van der Waals surface area contributed by atoms with E-state index in [9.17, 15) is 4.39 Å². The molecule has 1 aromatic carbocycles. The number of rotatable bonds is 2. The molecule has 0 aliphatic rings. The molecule has 4 heteroatoms. The second-order valence-corrected chi connectivity index (χ2v) is 3.63. The number of hydrogen-bond donors (Lipinski definition) is 0. The lowest BCUT2D eigenvalue weighted by atomic mass is 10.2. The molecule has 2 aromatic heterocycles. The van der Waals surface area contributed by atoms with Crippen LogP contribution in [0.1, 0.15) is 5.76 Å². The molecule has 0 aliphatic carbocycles. The predicted octanol–water partition coefficient (Wildman–Crippen LogP) is 2.82. The van der Waals surface area contributed by atoms with Crippen LogP contribution < -0.4 is 0 Å². The van der Waals surface area contributed by atoms with Crippen molar-refractivity contribution in [2.75, 3.05) is 0 Å². The second-order valence-electron chi connectivity index (χ2n) is 3.63. The van der Waals surface area contributed by atoms with Crippen molar-refractivity contribution in [3.63, 3.8) is 0 Å². The van der Waals surface area contributed by atoms with Crippen LogP contribution in [0.4, 0.5) is 4.39 Å². The second kappa shape index (κ2) is 3.48. The van der Waals surface area contributed by atoms with Crippen LogP contribution in [0.2, 0.25) is 0 Å². The highest BCUT2D eigenvalue weighted by Gasteiger charge is 2.04. The van der Waals surface area contributed by atoms with Crippen LogP contribution in [0.5, 0.6) is 0 Å². The van der Waals surface area contributed by atoms with E-state index in [4.69, 9.17) is 4.52 Å². The highest BCUT2D eigenvalue weighted by molar-refractivity contribution is 5.80. The van der Waals surface area contributed by atoms with Gasteiger partial charge in [0, 0.05) is 23.2 Å². The van der Waals surface area contributed by atoms with Gasteiger partial charge in [-0.15, -0.1) is 0 Å². The van der Waals surface area contributed by atoms with Crippen LogP contribution in [0.25, 0.3) is 10.9 Å². The van der Waals surface area contributed by atoms with Gasteiger partial charge in [0.1, 0.15) is 5.82 Å². The van der Waals surface area contributed by atoms with Crippen molar-refractivity contribution in [1.29, 1.82) is 0 Å². The fourth-order valence-electron chi connectivity index (χ4n) is 1.80. The molecule has 0 atom stereocenters. The molecule has 0 saturated heterocycles. The van der Waals surface area contributed by atoms with Crippen molar-refractivity contribution >= 4 is 10.9 Å². The van der Waals surface area contributed by atoms with Crippen molar-refractivity contribution < 1.29 is 8.91 Å². The third-order valence-corrected chi connectivity index (χ3v) is 2.55. The van der Waals surface area contributed by atoms with Crippen LogP contribution in [0.15, 0.2) is 47.2 Å². The van der Waals surface area contributed by atoms with Gasteiger partial charge in [0.2, 0.25) is 0 Å². The summed E-state index contributed by atoms with van der Waals surface area (Å²) in [5.41, 5.74) is 0.984. The Morgan fingerprint density at radius 2 is 2.19 bits per heavy atom. The van der Waals surface area contributed by atoms with Crippen molar-refractivity contribution in [1.82, 2.24) is 9.72 Å². The summed E-state index contributed by atoms with van der Waals surface area (Å²) in [4.78, 5) is 0.